The average Bonchev–Trinajstić information content (AvgIpc) is 2.29. The predicted molar refractivity (Wildman–Crippen MR) is 77.6 cm³/mol. The number of aryl methyl sites for hydroxylation is 1. The molecule has 0 unspecified atom stereocenters. The summed E-state index contributed by atoms with van der Waals surface area (Å²) < 4.78 is 28.6. The minimum atomic E-state index is -3.61. The fourth-order valence-corrected chi connectivity index (χ4v) is 2.49. The Balaban J connectivity index is 2.92. The van der Waals surface area contributed by atoms with E-state index in [9.17, 15) is 8.42 Å². The molecule has 1 aromatic rings. The zero-order valence-electron chi connectivity index (χ0n) is 11.3. The Morgan fingerprint density at radius 3 is 2.58 bits per heavy atom. The standard InChI is InChI=1S/C12H20N4O2S/c1-8(2)7-15-19(17,18)16-11-6-10(12(13)14)5-4-9(11)3/h4-6,8,15-16H,7H2,1-3H3,(H3,13,14). The molecule has 0 bridgehead atoms. The molecule has 106 valence electrons. The van der Waals surface area contributed by atoms with E-state index in [1.54, 1.807) is 25.1 Å². The molecule has 1 rings (SSSR count). The topological polar surface area (TPSA) is 108 Å². The Morgan fingerprint density at radius 2 is 2.05 bits per heavy atom. The van der Waals surface area contributed by atoms with Crippen LogP contribution in [0.1, 0.15) is 25.0 Å². The molecule has 5 N–H and O–H groups in total. The molecule has 0 heterocycles. The fourth-order valence-electron chi connectivity index (χ4n) is 1.36. The van der Waals surface area contributed by atoms with Gasteiger partial charge in [-0.3, -0.25) is 10.1 Å². The number of nitrogens with two attached hydrogens (primary N) is 1. The summed E-state index contributed by atoms with van der Waals surface area (Å²) in [5.41, 5.74) is 7.05. The van der Waals surface area contributed by atoms with Crippen LogP contribution in [-0.4, -0.2) is 20.8 Å². The minimum Gasteiger partial charge on any atom is -0.384 e. The lowest BCUT2D eigenvalue weighted by Crippen LogP contribution is -2.33. The smallest absolute Gasteiger partial charge is 0.299 e. The van der Waals surface area contributed by atoms with Crippen molar-refractivity contribution in [3.8, 4) is 0 Å². The third-order valence-electron chi connectivity index (χ3n) is 2.47. The second-order valence-corrected chi connectivity index (χ2v) is 6.29. The van der Waals surface area contributed by atoms with Gasteiger partial charge >= 0.3 is 0 Å². The summed E-state index contributed by atoms with van der Waals surface area (Å²) >= 11 is 0. The first kappa shape index (κ1) is 15.5. The third kappa shape index (κ3) is 4.88. The molecule has 0 amide bonds. The van der Waals surface area contributed by atoms with Crippen LogP contribution >= 0.6 is 0 Å². The average molecular weight is 284 g/mol. The second kappa shape index (κ2) is 6.03. The third-order valence-corrected chi connectivity index (χ3v) is 3.51. The van der Waals surface area contributed by atoms with E-state index in [-0.39, 0.29) is 11.8 Å². The molecule has 0 saturated heterocycles. The van der Waals surface area contributed by atoms with E-state index in [1.165, 1.54) is 0 Å². The molecule has 0 radical (unpaired) electrons. The van der Waals surface area contributed by atoms with Crippen molar-refractivity contribution in [1.82, 2.24) is 4.72 Å². The maximum Gasteiger partial charge on any atom is 0.299 e. The van der Waals surface area contributed by atoms with Gasteiger partial charge in [-0.15, -0.1) is 0 Å². The summed E-state index contributed by atoms with van der Waals surface area (Å²) in [6.45, 7) is 5.99. The van der Waals surface area contributed by atoms with Crippen LogP contribution in [0.4, 0.5) is 5.69 Å². The van der Waals surface area contributed by atoms with E-state index < -0.39 is 10.2 Å². The van der Waals surface area contributed by atoms with Crippen LogP contribution in [0.15, 0.2) is 18.2 Å². The summed E-state index contributed by atoms with van der Waals surface area (Å²) in [5.74, 6) is 0.122. The van der Waals surface area contributed by atoms with E-state index >= 15 is 0 Å². The summed E-state index contributed by atoms with van der Waals surface area (Å²) in [7, 11) is -3.61. The van der Waals surface area contributed by atoms with Gasteiger partial charge in [0.05, 0.1) is 5.69 Å². The van der Waals surface area contributed by atoms with Crippen molar-refractivity contribution >= 4 is 21.7 Å². The number of rotatable bonds is 6. The number of hydrogen-bond acceptors (Lipinski definition) is 3. The molecule has 0 fully saturated rings. The molecule has 0 spiro atoms. The fraction of sp³-hybridized carbons (Fsp3) is 0.417. The minimum absolute atomic E-state index is 0.101. The van der Waals surface area contributed by atoms with Gasteiger partial charge in [0.25, 0.3) is 10.2 Å². The van der Waals surface area contributed by atoms with Crippen molar-refractivity contribution in [3.63, 3.8) is 0 Å². The highest BCUT2D eigenvalue weighted by molar-refractivity contribution is 7.90. The number of amidine groups is 1. The van der Waals surface area contributed by atoms with Gasteiger partial charge in [0.2, 0.25) is 0 Å². The Bertz CT molecular complexity index is 567. The van der Waals surface area contributed by atoms with Gasteiger partial charge in [0.1, 0.15) is 5.84 Å². The maximum absolute atomic E-state index is 11.8. The van der Waals surface area contributed by atoms with Crippen molar-refractivity contribution < 1.29 is 8.42 Å². The lowest BCUT2D eigenvalue weighted by molar-refractivity contribution is 0.565. The van der Waals surface area contributed by atoms with E-state index in [2.05, 4.69) is 9.44 Å². The molecule has 0 atom stereocenters. The maximum atomic E-state index is 11.8. The lowest BCUT2D eigenvalue weighted by Gasteiger charge is -2.13. The van der Waals surface area contributed by atoms with Crippen LogP contribution in [0.3, 0.4) is 0 Å². The highest BCUT2D eigenvalue weighted by atomic mass is 32.2. The number of nitrogens with one attached hydrogen (secondary N) is 3. The molecular weight excluding hydrogens is 264 g/mol. The largest absolute Gasteiger partial charge is 0.384 e. The first-order valence-electron chi connectivity index (χ1n) is 5.93. The van der Waals surface area contributed by atoms with Crippen molar-refractivity contribution in [1.29, 1.82) is 5.41 Å². The Hall–Kier alpha value is -1.60. The van der Waals surface area contributed by atoms with Crippen molar-refractivity contribution in [2.24, 2.45) is 11.7 Å². The van der Waals surface area contributed by atoms with E-state index in [1.807, 2.05) is 13.8 Å². The van der Waals surface area contributed by atoms with Gasteiger partial charge in [0.15, 0.2) is 0 Å². The number of anilines is 1. The molecule has 7 heteroatoms. The molecule has 6 nitrogen and oxygen atoms in total. The number of nitrogen functional groups attached to an aromatic ring is 1. The first-order chi connectivity index (χ1) is 8.71. The first-order valence-corrected chi connectivity index (χ1v) is 7.42. The van der Waals surface area contributed by atoms with E-state index in [0.717, 1.165) is 5.56 Å². The molecule has 0 aliphatic rings. The Kier molecular flexibility index (Phi) is 4.90. The molecule has 0 aromatic heterocycles. The van der Waals surface area contributed by atoms with Gasteiger partial charge in [-0.05, 0) is 24.5 Å². The monoisotopic (exact) mass is 284 g/mol. The van der Waals surface area contributed by atoms with Crippen LogP contribution in [-0.2, 0) is 10.2 Å². The molecule has 19 heavy (non-hydrogen) atoms. The van der Waals surface area contributed by atoms with Crippen LogP contribution in [0, 0.1) is 18.3 Å². The molecule has 0 saturated carbocycles. The van der Waals surface area contributed by atoms with Crippen LogP contribution in [0.5, 0.6) is 0 Å². The Morgan fingerprint density at radius 1 is 1.42 bits per heavy atom. The molecule has 1 aromatic carbocycles. The van der Waals surface area contributed by atoms with Gasteiger partial charge < -0.3 is 5.73 Å². The van der Waals surface area contributed by atoms with E-state index in [4.69, 9.17) is 11.1 Å². The predicted octanol–water partition coefficient (Wildman–Crippen LogP) is 1.18. The summed E-state index contributed by atoms with van der Waals surface area (Å²) in [4.78, 5) is 0. The Labute approximate surface area is 114 Å². The second-order valence-electron chi connectivity index (χ2n) is 4.79. The zero-order valence-corrected chi connectivity index (χ0v) is 12.1. The van der Waals surface area contributed by atoms with Crippen molar-refractivity contribution in [2.45, 2.75) is 20.8 Å². The summed E-state index contributed by atoms with van der Waals surface area (Å²) in [6, 6.07) is 4.94. The molecule has 0 aliphatic heterocycles. The van der Waals surface area contributed by atoms with Crippen LogP contribution in [0.25, 0.3) is 0 Å². The highest BCUT2D eigenvalue weighted by Crippen LogP contribution is 2.17. The van der Waals surface area contributed by atoms with Crippen molar-refractivity contribution in [3.05, 3.63) is 29.3 Å². The van der Waals surface area contributed by atoms with Gasteiger partial charge in [-0.25, -0.2) is 0 Å². The lowest BCUT2D eigenvalue weighted by atomic mass is 10.1. The number of benzene rings is 1. The summed E-state index contributed by atoms with van der Waals surface area (Å²) in [5, 5.41) is 7.36. The number of hydrogen-bond donors (Lipinski definition) is 4. The normalized spacial score (nSPS) is 11.6. The van der Waals surface area contributed by atoms with Gasteiger partial charge in [-0.2, -0.15) is 13.1 Å². The summed E-state index contributed by atoms with van der Waals surface area (Å²) in [6.07, 6.45) is 0. The van der Waals surface area contributed by atoms with Crippen molar-refractivity contribution in [2.75, 3.05) is 11.3 Å². The zero-order chi connectivity index (χ0) is 14.6. The van der Waals surface area contributed by atoms with Gasteiger partial charge in [0, 0.05) is 12.1 Å². The SMILES string of the molecule is Cc1ccc(C(=N)N)cc1NS(=O)(=O)NCC(C)C. The highest BCUT2D eigenvalue weighted by Gasteiger charge is 2.12. The van der Waals surface area contributed by atoms with Crippen LogP contribution in [0.2, 0.25) is 0 Å². The van der Waals surface area contributed by atoms with Crippen LogP contribution < -0.4 is 15.2 Å². The molecular formula is C12H20N4O2S. The quantitative estimate of drug-likeness (QED) is 0.465. The van der Waals surface area contributed by atoms with Gasteiger partial charge in [-0.1, -0.05) is 26.0 Å². The van der Waals surface area contributed by atoms with E-state index in [0.29, 0.717) is 17.8 Å². The molecule has 0 aliphatic carbocycles.